The molecular weight excluding hydrogens is 382 g/mol. The molecule has 1 spiro atoms. The molecular formula is C19H31N3O5S. The second-order valence-corrected chi connectivity index (χ2v) is 10.0. The van der Waals surface area contributed by atoms with Crippen LogP contribution in [0.4, 0.5) is 0 Å². The molecule has 1 atom stereocenters. The summed E-state index contributed by atoms with van der Waals surface area (Å²) < 4.78 is 36.6. The van der Waals surface area contributed by atoms with Gasteiger partial charge in [-0.1, -0.05) is 5.16 Å². The van der Waals surface area contributed by atoms with E-state index in [0.29, 0.717) is 39.1 Å². The first-order valence-corrected chi connectivity index (χ1v) is 11.8. The van der Waals surface area contributed by atoms with Crippen molar-refractivity contribution in [3.8, 4) is 0 Å². The standard InChI is InChI=1S/C19H31N3O5S/c1-14-17(15(2)27-21-14)4-5-18(23)22-9-7-19(8-10-22)12-16(6-11-26-19)13-20-28(3,24)25/h16,20H,4-13H2,1-3H3. The van der Waals surface area contributed by atoms with E-state index in [0.717, 1.165) is 42.7 Å². The highest BCUT2D eigenvalue weighted by atomic mass is 32.2. The molecule has 3 heterocycles. The van der Waals surface area contributed by atoms with Crippen LogP contribution in [-0.4, -0.2) is 62.5 Å². The average molecular weight is 414 g/mol. The zero-order valence-electron chi connectivity index (χ0n) is 17.0. The molecule has 2 saturated heterocycles. The van der Waals surface area contributed by atoms with Crippen LogP contribution in [-0.2, 0) is 26.0 Å². The van der Waals surface area contributed by atoms with E-state index in [-0.39, 0.29) is 17.4 Å². The van der Waals surface area contributed by atoms with Crippen molar-refractivity contribution in [1.82, 2.24) is 14.8 Å². The van der Waals surface area contributed by atoms with E-state index in [9.17, 15) is 13.2 Å². The maximum Gasteiger partial charge on any atom is 0.222 e. The van der Waals surface area contributed by atoms with Gasteiger partial charge in [-0.25, -0.2) is 13.1 Å². The Labute approximate surface area is 167 Å². The number of likely N-dealkylation sites (tertiary alicyclic amines) is 1. The Balaban J connectivity index is 1.48. The van der Waals surface area contributed by atoms with Gasteiger partial charge in [0.1, 0.15) is 5.76 Å². The van der Waals surface area contributed by atoms with Crippen molar-refractivity contribution in [3.63, 3.8) is 0 Å². The summed E-state index contributed by atoms with van der Waals surface area (Å²) in [5.41, 5.74) is 1.66. The van der Waals surface area contributed by atoms with Crippen molar-refractivity contribution in [2.75, 3.05) is 32.5 Å². The smallest absolute Gasteiger partial charge is 0.222 e. The second kappa shape index (κ2) is 8.51. The number of carbonyl (C=O) groups excluding carboxylic acids is 1. The summed E-state index contributed by atoms with van der Waals surface area (Å²) >= 11 is 0. The van der Waals surface area contributed by atoms with Gasteiger partial charge in [-0.2, -0.15) is 0 Å². The largest absolute Gasteiger partial charge is 0.375 e. The van der Waals surface area contributed by atoms with E-state index >= 15 is 0 Å². The van der Waals surface area contributed by atoms with Crippen LogP contribution in [0.25, 0.3) is 0 Å². The van der Waals surface area contributed by atoms with Crippen LogP contribution in [0, 0.1) is 19.8 Å². The summed E-state index contributed by atoms with van der Waals surface area (Å²) in [4.78, 5) is 14.5. The summed E-state index contributed by atoms with van der Waals surface area (Å²) in [6.07, 6.45) is 5.61. The summed E-state index contributed by atoms with van der Waals surface area (Å²) in [6.45, 7) is 6.26. The Morgan fingerprint density at radius 1 is 1.32 bits per heavy atom. The van der Waals surface area contributed by atoms with Crippen LogP contribution >= 0.6 is 0 Å². The number of aryl methyl sites for hydroxylation is 2. The van der Waals surface area contributed by atoms with Gasteiger partial charge in [0.25, 0.3) is 0 Å². The molecule has 2 aliphatic rings. The minimum absolute atomic E-state index is 0.154. The van der Waals surface area contributed by atoms with Crippen molar-refractivity contribution in [2.45, 2.75) is 58.0 Å². The molecule has 9 heteroatoms. The maximum absolute atomic E-state index is 12.6. The summed E-state index contributed by atoms with van der Waals surface area (Å²) in [7, 11) is -3.17. The molecule has 1 unspecified atom stereocenters. The molecule has 1 aromatic heterocycles. The summed E-state index contributed by atoms with van der Waals surface area (Å²) in [6, 6.07) is 0. The van der Waals surface area contributed by atoms with Crippen molar-refractivity contribution < 1.29 is 22.5 Å². The number of aromatic nitrogens is 1. The first kappa shape index (κ1) is 21.3. The van der Waals surface area contributed by atoms with E-state index < -0.39 is 10.0 Å². The Bertz CT molecular complexity index is 777. The van der Waals surface area contributed by atoms with Crippen LogP contribution in [0.5, 0.6) is 0 Å². The number of nitrogens with zero attached hydrogens (tertiary/aromatic N) is 2. The first-order chi connectivity index (χ1) is 13.2. The Morgan fingerprint density at radius 2 is 2.04 bits per heavy atom. The lowest BCUT2D eigenvalue weighted by Gasteiger charge is -2.46. The Kier molecular flexibility index (Phi) is 6.46. The quantitative estimate of drug-likeness (QED) is 0.759. The molecule has 3 rings (SSSR count). The molecule has 28 heavy (non-hydrogen) atoms. The van der Waals surface area contributed by atoms with E-state index in [2.05, 4.69) is 9.88 Å². The fraction of sp³-hybridized carbons (Fsp3) is 0.789. The highest BCUT2D eigenvalue weighted by molar-refractivity contribution is 7.88. The number of piperidine rings is 1. The van der Waals surface area contributed by atoms with Gasteiger partial charge >= 0.3 is 0 Å². The molecule has 1 N–H and O–H groups in total. The van der Waals surface area contributed by atoms with Crippen molar-refractivity contribution in [1.29, 1.82) is 0 Å². The minimum atomic E-state index is -3.17. The third-order valence-electron chi connectivity index (χ3n) is 6.03. The van der Waals surface area contributed by atoms with Crippen molar-refractivity contribution in [2.24, 2.45) is 5.92 Å². The lowest BCUT2D eigenvalue weighted by atomic mass is 9.79. The minimum Gasteiger partial charge on any atom is -0.375 e. The number of carbonyl (C=O) groups is 1. The number of nitrogens with one attached hydrogen (secondary N) is 1. The monoisotopic (exact) mass is 413 g/mol. The predicted molar refractivity (Wildman–Crippen MR) is 104 cm³/mol. The molecule has 0 saturated carbocycles. The van der Waals surface area contributed by atoms with E-state index in [1.807, 2.05) is 18.7 Å². The number of sulfonamides is 1. The molecule has 0 radical (unpaired) electrons. The van der Waals surface area contributed by atoms with Gasteiger partial charge in [0.05, 0.1) is 17.6 Å². The van der Waals surface area contributed by atoms with Gasteiger partial charge in [0, 0.05) is 38.2 Å². The Morgan fingerprint density at radius 3 is 2.64 bits per heavy atom. The van der Waals surface area contributed by atoms with Gasteiger partial charge in [0.15, 0.2) is 0 Å². The fourth-order valence-corrected chi connectivity index (χ4v) is 4.87. The number of hydrogen-bond donors (Lipinski definition) is 1. The van der Waals surface area contributed by atoms with Crippen molar-refractivity contribution >= 4 is 15.9 Å². The molecule has 2 fully saturated rings. The zero-order chi connectivity index (χ0) is 20.4. The second-order valence-electron chi connectivity index (χ2n) is 8.19. The summed E-state index contributed by atoms with van der Waals surface area (Å²) in [5, 5.41) is 3.94. The van der Waals surface area contributed by atoms with E-state index in [4.69, 9.17) is 9.26 Å². The first-order valence-electron chi connectivity index (χ1n) is 9.96. The molecule has 158 valence electrons. The van der Waals surface area contributed by atoms with Crippen molar-refractivity contribution in [3.05, 3.63) is 17.0 Å². The Hall–Kier alpha value is -1.45. The zero-order valence-corrected chi connectivity index (χ0v) is 17.8. The molecule has 0 aliphatic carbocycles. The van der Waals surface area contributed by atoms with Crippen LogP contribution in [0.15, 0.2) is 4.52 Å². The maximum atomic E-state index is 12.6. The van der Waals surface area contributed by atoms with Gasteiger partial charge in [-0.3, -0.25) is 4.79 Å². The number of rotatable bonds is 6. The molecule has 0 aromatic carbocycles. The lowest BCUT2D eigenvalue weighted by Crippen LogP contribution is -2.51. The third kappa shape index (κ3) is 5.33. The van der Waals surface area contributed by atoms with Gasteiger partial charge < -0.3 is 14.2 Å². The SMILES string of the molecule is Cc1noc(C)c1CCC(=O)N1CCC2(CC1)CC(CNS(C)(=O)=O)CCO2. The predicted octanol–water partition coefficient (Wildman–Crippen LogP) is 1.56. The summed E-state index contributed by atoms with van der Waals surface area (Å²) in [5.74, 6) is 1.22. The van der Waals surface area contributed by atoms with Crippen LogP contribution < -0.4 is 4.72 Å². The van der Waals surface area contributed by atoms with E-state index in [1.165, 1.54) is 6.26 Å². The van der Waals surface area contributed by atoms with Crippen LogP contribution in [0.1, 0.15) is 49.1 Å². The fourth-order valence-electron chi connectivity index (χ4n) is 4.33. The van der Waals surface area contributed by atoms with Crippen LogP contribution in [0.2, 0.25) is 0 Å². The lowest BCUT2D eigenvalue weighted by molar-refractivity contribution is -0.146. The highest BCUT2D eigenvalue weighted by Gasteiger charge is 2.41. The van der Waals surface area contributed by atoms with Gasteiger partial charge in [-0.15, -0.1) is 0 Å². The number of ether oxygens (including phenoxy) is 1. The third-order valence-corrected chi connectivity index (χ3v) is 6.72. The molecule has 1 amide bonds. The van der Waals surface area contributed by atoms with Crippen LogP contribution in [0.3, 0.4) is 0 Å². The van der Waals surface area contributed by atoms with Gasteiger partial charge in [-0.05, 0) is 51.9 Å². The molecule has 1 aromatic rings. The molecule has 0 bridgehead atoms. The topological polar surface area (TPSA) is 102 Å². The van der Waals surface area contributed by atoms with Gasteiger partial charge in [0.2, 0.25) is 15.9 Å². The molecule has 2 aliphatic heterocycles. The number of amides is 1. The highest BCUT2D eigenvalue weighted by Crippen LogP contribution is 2.37. The average Bonchev–Trinajstić information content (AvgIpc) is 2.96. The molecule has 8 nitrogen and oxygen atoms in total. The normalized spacial score (nSPS) is 22.5. The van der Waals surface area contributed by atoms with E-state index in [1.54, 1.807) is 0 Å². The number of hydrogen-bond acceptors (Lipinski definition) is 6.